The van der Waals surface area contributed by atoms with Crippen LogP contribution in [0, 0.1) is 18.2 Å². The van der Waals surface area contributed by atoms with Crippen LogP contribution in [-0.2, 0) is 7.05 Å². The van der Waals surface area contributed by atoms with Gasteiger partial charge in [-0.1, -0.05) is 6.08 Å². The minimum absolute atomic E-state index is 0.0705. The fourth-order valence-corrected chi connectivity index (χ4v) is 3.78. The molecule has 37 heavy (non-hydrogen) atoms. The van der Waals surface area contributed by atoms with Gasteiger partial charge in [0.2, 0.25) is 0 Å². The SMILES string of the molecule is C#Cc1ncc(-c2c(-c3ccc(O/C(N=C)=N/C(C)=C\C)cn3)c3c(N)ncnc3n2C)c(OC)c1F. The molecule has 11 heteroatoms. The molecule has 0 spiro atoms. The monoisotopic (exact) mass is 498 g/mol. The molecule has 4 rings (SSSR count). The number of amidine groups is 1. The molecular weight excluding hydrogens is 475 g/mol. The lowest BCUT2D eigenvalue weighted by Gasteiger charge is -2.13. The Labute approximate surface area is 212 Å². The predicted octanol–water partition coefficient (Wildman–Crippen LogP) is 4.16. The molecule has 0 saturated heterocycles. The Kier molecular flexibility index (Phi) is 6.92. The number of fused-ring (bicyclic) bond motifs is 1. The third-order valence-corrected chi connectivity index (χ3v) is 5.59. The molecule has 186 valence electrons. The molecule has 0 unspecified atom stereocenters. The van der Waals surface area contributed by atoms with Crippen molar-refractivity contribution in [1.82, 2.24) is 24.5 Å². The number of anilines is 1. The van der Waals surface area contributed by atoms with Gasteiger partial charge in [-0.15, -0.1) is 6.42 Å². The number of terminal acetylenes is 1. The number of nitrogens with zero attached hydrogens (tertiary/aromatic N) is 7. The van der Waals surface area contributed by atoms with Crippen LogP contribution >= 0.6 is 0 Å². The second-order valence-electron chi connectivity index (χ2n) is 7.72. The van der Waals surface area contributed by atoms with Crippen molar-refractivity contribution in [2.75, 3.05) is 12.8 Å². The molecule has 4 aromatic rings. The van der Waals surface area contributed by atoms with E-state index < -0.39 is 5.82 Å². The van der Waals surface area contributed by atoms with Gasteiger partial charge in [-0.2, -0.15) is 4.39 Å². The van der Waals surface area contributed by atoms with E-state index in [1.54, 1.807) is 23.7 Å². The van der Waals surface area contributed by atoms with Crippen LogP contribution in [0.1, 0.15) is 19.5 Å². The van der Waals surface area contributed by atoms with Gasteiger partial charge in [-0.05, 0) is 38.6 Å². The van der Waals surface area contributed by atoms with Crippen molar-refractivity contribution in [3.8, 4) is 46.4 Å². The maximum Gasteiger partial charge on any atom is 0.321 e. The summed E-state index contributed by atoms with van der Waals surface area (Å²) in [6, 6.07) is 3.48. The summed E-state index contributed by atoms with van der Waals surface area (Å²) in [4.78, 5) is 25.2. The fourth-order valence-electron chi connectivity index (χ4n) is 3.78. The standard InChI is InChI=1S/C26H23FN8O2/c1-7-14(3)34-26(29-4)37-15-9-10-18(30-11-15)19-20-24(28)32-13-33-25(20)35(5)22(19)16-12-31-17(8-2)21(27)23(16)36-6/h2,7,9-13H,4H2,1,3,5-6H3,(H2,28,32,33)/b14-7-,34-26+. The van der Waals surface area contributed by atoms with Crippen LogP contribution in [0.4, 0.5) is 10.2 Å². The Morgan fingerprint density at radius 2 is 2.03 bits per heavy atom. The molecule has 0 atom stereocenters. The molecule has 0 fully saturated rings. The normalized spacial score (nSPS) is 11.9. The van der Waals surface area contributed by atoms with Crippen LogP contribution in [0.25, 0.3) is 33.5 Å². The van der Waals surface area contributed by atoms with Gasteiger partial charge in [0.15, 0.2) is 17.3 Å². The van der Waals surface area contributed by atoms with Crippen molar-refractivity contribution in [1.29, 1.82) is 0 Å². The van der Waals surface area contributed by atoms with Gasteiger partial charge in [0.25, 0.3) is 0 Å². The Morgan fingerprint density at radius 1 is 1.24 bits per heavy atom. The van der Waals surface area contributed by atoms with Gasteiger partial charge >= 0.3 is 6.02 Å². The van der Waals surface area contributed by atoms with E-state index in [9.17, 15) is 0 Å². The van der Waals surface area contributed by atoms with Crippen molar-refractivity contribution in [3.05, 3.63) is 54.1 Å². The average molecular weight is 499 g/mol. The second-order valence-corrected chi connectivity index (χ2v) is 7.72. The number of nitrogen functional groups attached to an aromatic ring is 1. The quantitative estimate of drug-likeness (QED) is 0.249. The largest absolute Gasteiger partial charge is 0.493 e. The van der Waals surface area contributed by atoms with Crippen LogP contribution < -0.4 is 15.2 Å². The van der Waals surface area contributed by atoms with Crippen molar-refractivity contribution >= 4 is 29.6 Å². The molecular formula is C26H23FN8O2. The molecule has 2 N–H and O–H groups in total. The summed E-state index contributed by atoms with van der Waals surface area (Å²) in [7, 11) is 3.12. The highest BCUT2D eigenvalue weighted by Crippen LogP contribution is 2.44. The Balaban J connectivity index is 1.93. The van der Waals surface area contributed by atoms with Gasteiger partial charge in [0.05, 0.1) is 35.6 Å². The Bertz CT molecular complexity index is 1610. The molecule has 0 radical (unpaired) electrons. The van der Waals surface area contributed by atoms with E-state index in [1.165, 1.54) is 25.8 Å². The number of hydrogen-bond donors (Lipinski definition) is 1. The minimum atomic E-state index is -0.755. The lowest BCUT2D eigenvalue weighted by atomic mass is 10.0. The summed E-state index contributed by atoms with van der Waals surface area (Å²) in [6.07, 6.45) is 11.5. The number of rotatable bonds is 5. The zero-order valence-corrected chi connectivity index (χ0v) is 20.7. The number of methoxy groups -OCH3 is 1. The fraction of sp³-hybridized carbons (Fsp3) is 0.154. The highest BCUT2D eigenvalue weighted by Gasteiger charge is 2.27. The second kappa shape index (κ2) is 10.2. The molecule has 0 aliphatic heterocycles. The van der Waals surface area contributed by atoms with E-state index >= 15 is 4.39 Å². The van der Waals surface area contributed by atoms with Gasteiger partial charge in [0.1, 0.15) is 23.5 Å². The zero-order valence-electron chi connectivity index (χ0n) is 20.7. The molecule has 0 aromatic carbocycles. The summed E-state index contributed by atoms with van der Waals surface area (Å²) in [5.41, 5.74) is 9.22. The van der Waals surface area contributed by atoms with E-state index in [0.717, 1.165) is 0 Å². The molecule has 0 saturated carbocycles. The lowest BCUT2D eigenvalue weighted by molar-refractivity contribution is 0.386. The lowest BCUT2D eigenvalue weighted by Crippen LogP contribution is -2.05. The highest BCUT2D eigenvalue weighted by molar-refractivity contribution is 6.07. The summed E-state index contributed by atoms with van der Waals surface area (Å²) < 4.78 is 27.9. The highest BCUT2D eigenvalue weighted by atomic mass is 19.1. The number of halogens is 1. The first-order valence-corrected chi connectivity index (χ1v) is 10.9. The smallest absolute Gasteiger partial charge is 0.321 e. The van der Waals surface area contributed by atoms with Crippen LogP contribution in [-0.4, -0.2) is 44.4 Å². The van der Waals surface area contributed by atoms with Crippen LogP contribution in [0.5, 0.6) is 11.5 Å². The third-order valence-electron chi connectivity index (χ3n) is 5.59. The molecule has 10 nitrogen and oxygen atoms in total. The Hall–Kier alpha value is -5.11. The minimum Gasteiger partial charge on any atom is -0.493 e. The van der Waals surface area contributed by atoms with Crippen LogP contribution in [0.15, 0.2) is 52.6 Å². The van der Waals surface area contributed by atoms with Gasteiger partial charge in [0, 0.05) is 24.5 Å². The van der Waals surface area contributed by atoms with E-state index in [4.69, 9.17) is 21.6 Å². The van der Waals surface area contributed by atoms with E-state index in [-0.39, 0.29) is 23.3 Å². The first-order valence-electron chi connectivity index (χ1n) is 10.9. The number of nitrogens with two attached hydrogens (primary N) is 1. The van der Waals surface area contributed by atoms with Crippen molar-refractivity contribution in [2.24, 2.45) is 17.0 Å². The predicted molar refractivity (Wildman–Crippen MR) is 141 cm³/mol. The number of aliphatic imine (C=N–C) groups is 2. The van der Waals surface area contributed by atoms with Crippen molar-refractivity contribution < 1.29 is 13.9 Å². The first kappa shape index (κ1) is 25.0. The number of ether oxygens (including phenoxy) is 2. The van der Waals surface area contributed by atoms with Gasteiger partial charge in [-0.25, -0.2) is 24.9 Å². The summed E-state index contributed by atoms with van der Waals surface area (Å²) in [6.45, 7) is 7.16. The zero-order chi connectivity index (χ0) is 26.7. The Morgan fingerprint density at radius 3 is 2.65 bits per heavy atom. The molecule has 4 heterocycles. The number of pyridine rings is 2. The molecule has 0 amide bonds. The van der Waals surface area contributed by atoms with E-state index in [0.29, 0.717) is 45.0 Å². The van der Waals surface area contributed by atoms with Crippen LogP contribution in [0.2, 0.25) is 0 Å². The first-order chi connectivity index (χ1) is 17.8. The van der Waals surface area contributed by atoms with E-state index in [1.807, 2.05) is 19.9 Å². The average Bonchev–Trinajstić information content (AvgIpc) is 3.21. The summed E-state index contributed by atoms with van der Waals surface area (Å²) in [5.74, 6) is 2.00. The van der Waals surface area contributed by atoms with Crippen molar-refractivity contribution in [2.45, 2.75) is 13.8 Å². The molecule has 0 bridgehead atoms. The molecule has 0 aliphatic rings. The summed E-state index contributed by atoms with van der Waals surface area (Å²) in [5, 5.41) is 0.531. The maximum absolute atomic E-state index is 15.1. The van der Waals surface area contributed by atoms with Crippen molar-refractivity contribution in [3.63, 3.8) is 0 Å². The van der Waals surface area contributed by atoms with Crippen LogP contribution in [0.3, 0.4) is 0 Å². The number of aromatic nitrogens is 5. The maximum atomic E-state index is 15.1. The van der Waals surface area contributed by atoms with Gasteiger partial charge in [-0.3, -0.25) is 4.98 Å². The molecule has 0 aliphatic carbocycles. The summed E-state index contributed by atoms with van der Waals surface area (Å²) >= 11 is 0. The number of hydrogen-bond acceptors (Lipinski definition) is 8. The van der Waals surface area contributed by atoms with E-state index in [2.05, 4.69) is 42.6 Å². The number of allylic oxidation sites excluding steroid dienone is 2. The third kappa shape index (κ3) is 4.48. The van der Waals surface area contributed by atoms with Gasteiger partial charge < -0.3 is 19.8 Å². The topological polar surface area (TPSA) is 126 Å². The molecule has 4 aromatic heterocycles. The number of aryl methyl sites for hydroxylation is 1.